The van der Waals surface area contributed by atoms with E-state index >= 15 is 0 Å². The molecule has 0 aliphatic rings. The number of hydrogen-bond acceptors (Lipinski definition) is 7. The summed E-state index contributed by atoms with van der Waals surface area (Å²) in [6.07, 6.45) is -2.10. The van der Waals surface area contributed by atoms with Gasteiger partial charge in [-0.05, 0) is 12.5 Å². The molecule has 0 fully saturated rings. The van der Waals surface area contributed by atoms with Gasteiger partial charge in [-0.2, -0.15) is 0 Å². The predicted octanol–water partition coefficient (Wildman–Crippen LogP) is 1.61. The van der Waals surface area contributed by atoms with Gasteiger partial charge in [0, 0.05) is 7.11 Å². The van der Waals surface area contributed by atoms with Gasteiger partial charge in [-0.25, -0.2) is 14.2 Å². The first-order valence-corrected chi connectivity index (χ1v) is 8.40. The first kappa shape index (κ1) is 20.1. The molecule has 0 heterocycles. The van der Waals surface area contributed by atoms with Crippen molar-refractivity contribution in [2.75, 3.05) is 14.2 Å². The fraction of sp³-hybridized carbons (Fsp3) is 0.429. The van der Waals surface area contributed by atoms with E-state index in [1.165, 1.54) is 6.92 Å². The van der Waals surface area contributed by atoms with Crippen molar-refractivity contribution >= 4 is 19.9 Å². The Hall–Kier alpha value is -1.93. The number of amides is 1. The lowest BCUT2D eigenvalue weighted by molar-refractivity contribution is -0.145. The van der Waals surface area contributed by atoms with E-state index in [2.05, 4.69) is 14.6 Å². The molecule has 9 nitrogen and oxygen atoms in total. The number of carbonyl (C=O) groups is 2. The first-order chi connectivity index (χ1) is 11.3. The molecule has 3 atom stereocenters. The summed E-state index contributed by atoms with van der Waals surface area (Å²) in [6.45, 7) is 1.30. The van der Waals surface area contributed by atoms with Gasteiger partial charge >= 0.3 is 19.9 Å². The SMILES string of the molecule is COC(=O)[C@@H](NC(=O)OCc1ccccc1)[C@@H](C)OP(=O)(O)OC. The van der Waals surface area contributed by atoms with Gasteiger partial charge < -0.3 is 19.7 Å². The number of ether oxygens (including phenoxy) is 2. The quantitative estimate of drug-likeness (QED) is 0.529. The summed E-state index contributed by atoms with van der Waals surface area (Å²) in [5.41, 5.74) is 0.755. The molecule has 0 aromatic heterocycles. The van der Waals surface area contributed by atoms with E-state index in [9.17, 15) is 19.0 Å². The molecule has 0 radical (unpaired) electrons. The van der Waals surface area contributed by atoms with Crippen molar-refractivity contribution in [2.24, 2.45) is 0 Å². The number of rotatable bonds is 8. The monoisotopic (exact) mass is 361 g/mol. The number of carbonyl (C=O) groups excluding carboxylic acids is 2. The summed E-state index contributed by atoms with van der Waals surface area (Å²) in [7, 11) is -2.26. The van der Waals surface area contributed by atoms with Crippen LogP contribution in [0.1, 0.15) is 12.5 Å². The Labute approximate surface area is 139 Å². The van der Waals surface area contributed by atoms with Gasteiger partial charge in [-0.15, -0.1) is 0 Å². The molecule has 24 heavy (non-hydrogen) atoms. The molecule has 1 aromatic carbocycles. The van der Waals surface area contributed by atoms with E-state index in [0.29, 0.717) is 0 Å². The topological polar surface area (TPSA) is 120 Å². The molecule has 134 valence electrons. The lowest BCUT2D eigenvalue weighted by Crippen LogP contribution is -2.49. The Bertz CT molecular complexity index is 594. The molecule has 1 unspecified atom stereocenters. The number of benzene rings is 1. The normalized spacial score (nSPS) is 15.7. The van der Waals surface area contributed by atoms with Crippen LogP contribution in [0.3, 0.4) is 0 Å². The number of methoxy groups -OCH3 is 1. The molecule has 0 aliphatic carbocycles. The van der Waals surface area contributed by atoms with Crippen LogP contribution in [0.4, 0.5) is 4.79 Å². The molecule has 0 saturated carbocycles. The van der Waals surface area contributed by atoms with Gasteiger partial charge in [-0.3, -0.25) is 9.05 Å². The third-order valence-electron chi connectivity index (χ3n) is 2.94. The Morgan fingerprint density at radius 1 is 1.25 bits per heavy atom. The Morgan fingerprint density at radius 2 is 1.88 bits per heavy atom. The third-order valence-corrected chi connectivity index (χ3v) is 4.00. The second-order valence-corrected chi connectivity index (χ2v) is 6.18. The van der Waals surface area contributed by atoms with Crippen LogP contribution in [0.25, 0.3) is 0 Å². The summed E-state index contributed by atoms with van der Waals surface area (Å²) >= 11 is 0. The highest BCUT2D eigenvalue weighted by Crippen LogP contribution is 2.43. The Kier molecular flexibility index (Phi) is 7.87. The highest BCUT2D eigenvalue weighted by Gasteiger charge is 2.34. The van der Waals surface area contributed by atoms with Crippen molar-refractivity contribution in [3.05, 3.63) is 35.9 Å². The van der Waals surface area contributed by atoms with Gasteiger partial charge in [0.2, 0.25) is 0 Å². The molecule has 0 saturated heterocycles. The predicted molar refractivity (Wildman–Crippen MR) is 82.9 cm³/mol. The highest BCUT2D eigenvalue weighted by atomic mass is 31.2. The molecule has 2 N–H and O–H groups in total. The van der Waals surface area contributed by atoms with Gasteiger partial charge in [0.05, 0.1) is 13.2 Å². The summed E-state index contributed by atoms with van der Waals surface area (Å²) < 4.78 is 30.0. The minimum atomic E-state index is -4.34. The standard InChI is InChI=1S/C14H20NO8P/c1-10(23-24(18,19)21-3)12(13(16)20-2)15-14(17)22-9-11-7-5-4-6-8-11/h4-8,10,12H,9H2,1-3H3,(H,15,17)(H,18,19)/t10-,12+/m1/s1. The fourth-order valence-corrected chi connectivity index (χ4v) is 2.33. The minimum absolute atomic E-state index is 0.00757. The Morgan fingerprint density at radius 3 is 2.42 bits per heavy atom. The zero-order chi connectivity index (χ0) is 18.2. The number of nitrogens with one attached hydrogen (secondary N) is 1. The maximum absolute atomic E-state index is 11.8. The molecule has 0 spiro atoms. The molecular formula is C14H20NO8P. The summed E-state index contributed by atoms with van der Waals surface area (Å²) in [4.78, 5) is 32.9. The van der Waals surface area contributed by atoms with E-state index in [1.54, 1.807) is 24.3 Å². The average Bonchev–Trinajstić information content (AvgIpc) is 2.57. The maximum Gasteiger partial charge on any atom is 0.472 e. The fourth-order valence-electron chi connectivity index (χ4n) is 1.70. The number of alkyl carbamates (subject to hydrolysis) is 1. The number of esters is 1. The Balaban J connectivity index is 2.66. The second kappa shape index (κ2) is 9.39. The van der Waals surface area contributed by atoms with Crippen molar-refractivity contribution in [3.63, 3.8) is 0 Å². The molecule has 1 aromatic rings. The average molecular weight is 361 g/mol. The van der Waals surface area contributed by atoms with Crippen molar-refractivity contribution < 1.29 is 37.6 Å². The summed E-state index contributed by atoms with van der Waals surface area (Å²) in [5, 5.41) is 2.24. The van der Waals surface area contributed by atoms with E-state index < -0.39 is 32.0 Å². The van der Waals surface area contributed by atoms with Gasteiger partial charge in [-0.1, -0.05) is 30.3 Å². The van der Waals surface area contributed by atoms with Crippen molar-refractivity contribution in [2.45, 2.75) is 25.7 Å². The molecule has 10 heteroatoms. The van der Waals surface area contributed by atoms with Gasteiger partial charge in [0.15, 0.2) is 6.04 Å². The van der Waals surface area contributed by atoms with Crippen LogP contribution in [0.15, 0.2) is 30.3 Å². The van der Waals surface area contributed by atoms with Crippen molar-refractivity contribution in [1.29, 1.82) is 0 Å². The number of phosphoric acid groups is 1. The van der Waals surface area contributed by atoms with Crippen LogP contribution in [0, 0.1) is 0 Å². The molecular weight excluding hydrogens is 341 g/mol. The van der Waals surface area contributed by atoms with Crippen LogP contribution in [-0.4, -0.2) is 43.3 Å². The van der Waals surface area contributed by atoms with E-state index in [0.717, 1.165) is 19.8 Å². The molecule has 1 amide bonds. The molecule has 0 aliphatic heterocycles. The molecule has 0 bridgehead atoms. The lowest BCUT2D eigenvalue weighted by atomic mass is 10.2. The van der Waals surface area contributed by atoms with Crippen LogP contribution >= 0.6 is 7.82 Å². The number of hydrogen-bond donors (Lipinski definition) is 2. The largest absolute Gasteiger partial charge is 0.472 e. The lowest BCUT2D eigenvalue weighted by Gasteiger charge is -2.23. The van der Waals surface area contributed by atoms with Crippen molar-refractivity contribution in [3.8, 4) is 0 Å². The minimum Gasteiger partial charge on any atom is -0.467 e. The van der Waals surface area contributed by atoms with Crippen LogP contribution in [0.2, 0.25) is 0 Å². The van der Waals surface area contributed by atoms with E-state index in [4.69, 9.17) is 9.26 Å². The maximum atomic E-state index is 11.8. The summed E-state index contributed by atoms with van der Waals surface area (Å²) in [5.74, 6) is -0.865. The van der Waals surface area contributed by atoms with Crippen molar-refractivity contribution in [1.82, 2.24) is 5.32 Å². The van der Waals surface area contributed by atoms with E-state index in [-0.39, 0.29) is 6.61 Å². The number of phosphoric ester groups is 1. The zero-order valence-corrected chi connectivity index (χ0v) is 14.4. The van der Waals surface area contributed by atoms with Gasteiger partial charge in [0.1, 0.15) is 6.61 Å². The van der Waals surface area contributed by atoms with Crippen LogP contribution < -0.4 is 5.32 Å². The molecule has 1 rings (SSSR count). The zero-order valence-electron chi connectivity index (χ0n) is 13.5. The van der Waals surface area contributed by atoms with Gasteiger partial charge in [0.25, 0.3) is 0 Å². The van der Waals surface area contributed by atoms with E-state index in [1.807, 2.05) is 6.07 Å². The van der Waals surface area contributed by atoms with Crippen LogP contribution in [-0.2, 0) is 34.5 Å². The highest BCUT2D eigenvalue weighted by molar-refractivity contribution is 7.47. The first-order valence-electron chi connectivity index (χ1n) is 6.91. The third kappa shape index (κ3) is 6.67. The summed E-state index contributed by atoms with van der Waals surface area (Å²) in [6, 6.07) is 7.56. The van der Waals surface area contributed by atoms with Crippen LogP contribution in [0.5, 0.6) is 0 Å². The second-order valence-electron chi connectivity index (χ2n) is 4.67. The smallest absolute Gasteiger partial charge is 0.467 e.